The van der Waals surface area contributed by atoms with Gasteiger partial charge in [0, 0.05) is 5.02 Å². The van der Waals surface area contributed by atoms with E-state index in [1.165, 1.54) is 0 Å². The number of para-hydroxylation sites is 1. The van der Waals surface area contributed by atoms with Crippen molar-refractivity contribution in [3.05, 3.63) is 88.9 Å². The molecule has 0 spiro atoms. The van der Waals surface area contributed by atoms with Crippen molar-refractivity contribution in [1.29, 1.82) is 0 Å². The highest BCUT2D eigenvalue weighted by Crippen LogP contribution is 2.32. The van der Waals surface area contributed by atoms with E-state index in [0.29, 0.717) is 22.2 Å². The zero-order valence-electron chi connectivity index (χ0n) is 13.8. The maximum atomic E-state index is 12.4. The summed E-state index contributed by atoms with van der Waals surface area (Å²) in [4.78, 5) is 12.4. The number of benzene rings is 3. The predicted molar refractivity (Wildman–Crippen MR) is 101 cm³/mol. The van der Waals surface area contributed by atoms with Gasteiger partial charge in [-0.3, -0.25) is 4.79 Å². The molecule has 3 rings (SSSR count). The van der Waals surface area contributed by atoms with Gasteiger partial charge in [0.1, 0.15) is 5.75 Å². The third-order valence-corrected chi connectivity index (χ3v) is 3.91. The summed E-state index contributed by atoms with van der Waals surface area (Å²) >= 11 is 6.07. The molecule has 0 atom stereocenters. The lowest BCUT2D eigenvalue weighted by Gasteiger charge is -2.13. The van der Waals surface area contributed by atoms with Gasteiger partial charge in [-0.2, -0.15) is 0 Å². The molecule has 126 valence electrons. The summed E-state index contributed by atoms with van der Waals surface area (Å²) in [5.41, 5.74) is 2.67. The Labute approximate surface area is 152 Å². The molecule has 0 aliphatic rings. The first-order chi connectivity index (χ1) is 12.1. The van der Waals surface area contributed by atoms with Gasteiger partial charge in [0.2, 0.25) is 5.91 Å². The Balaban J connectivity index is 1.75. The average molecular weight is 352 g/mol. The van der Waals surface area contributed by atoms with Crippen molar-refractivity contribution in [2.24, 2.45) is 0 Å². The molecule has 3 nitrogen and oxygen atoms in total. The van der Waals surface area contributed by atoms with Gasteiger partial charge in [-0.15, -0.1) is 0 Å². The minimum atomic E-state index is -0.121. The van der Waals surface area contributed by atoms with Crippen molar-refractivity contribution in [3.63, 3.8) is 0 Å². The van der Waals surface area contributed by atoms with Crippen molar-refractivity contribution in [2.75, 3.05) is 5.32 Å². The van der Waals surface area contributed by atoms with Crippen molar-refractivity contribution in [1.82, 2.24) is 0 Å². The number of hydrogen-bond acceptors (Lipinski definition) is 2. The van der Waals surface area contributed by atoms with E-state index in [2.05, 4.69) is 5.32 Å². The molecule has 0 aromatic heterocycles. The number of aryl methyl sites for hydroxylation is 1. The summed E-state index contributed by atoms with van der Waals surface area (Å²) in [6.45, 7) is 2.02. The van der Waals surface area contributed by atoms with Gasteiger partial charge in [-0.1, -0.05) is 59.6 Å². The average Bonchev–Trinajstić information content (AvgIpc) is 2.60. The van der Waals surface area contributed by atoms with E-state index >= 15 is 0 Å². The standard InChI is InChI=1S/C21H18ClNO2/c1-15-7-9-16(10-8-15)13-21(24)23-19-14-17(22)11-12-20(19)25-18-5-3-2-4-6-18/h2-12,14H,13H2,1H3,(H,23,24). The molecule has 1 amide bonds. The fourth-order valence-electron chi connectivity index (χ4n) is 2.39. The van der Waals surface area contributed by atoms with E-state index in [0.717, 1.165) is 11.1 Å². The predicted octanol–water partition coefficient (Wildman–Crippen LogP) is 5.62. The van der Waals surface area contributed by atoms with Gasteiger partial charge < -0.3 is 10.1 Å². The van der Waals surface area contributed by atoms with Crippen LogP contribution in [0, 0.1) is 6.92 Å². The van der Waals surface area contributed by atoms with E-state index in [1.807, 2.05) is 61.5 Å². The second-order valence-electron chi connectivity index (χ2n) is 5.77. The summed E-state index contributed by atoms with van der Waals surface area (Å²) < 4.78 is 5.86. The third-order valence-electron chi connectivity index (χ3n) is 3.67. The van der Waals surface area contributed by atoms with Gasteiger partial charge in [0.05, 0.1) is 12.1 Å². The molecule has 0 radical (unpaired) electrons. The van der Waals surface area contributed by atoms with E-state index in [1.54, 1.807) is 18.2 Å². The molecular formula is C21H18ClNO2. The van der Waals surface area contributed by atoms with Crippen LogP contribution in [0.4, 0.5) is 5.69 Å². The van der Waals surface area contributed by atoms with Crippen LogP contribution in [-0.2, 0) is 11.2 Å². The maximum Gasteiger partial charge on any atom is 0.228 e. The smallest absolute Gasteiger partial charge is 0.228 e. The first kappa shape index (κ1) is 17.1. The van der Waals surface area contributed by atoms with Crippen molar-refractivity contribution in [2.45, 2.75) is 13.3 Å². The molecule has 0 heterocycles. The Morgan fingerprint density at radius 1 is 1.00 bits per heavy atom. The lowest BCUT2D eigenvalue weighted by molar-refractivity contribution is -0.115. The number of carbonyl (C=O) groups is 1. The fraction of sp³-hybridized carbons (Fsp3) is 0.0952. The first-order valence-electron chi connectivity index (χ1n) is 7.98. The third kappa shape index (κ3) is 4.85. The van der Waals surface area contributed by atoms with E-state index in [4.69, 9.17) is 16.3 Å². The summed E-state index contributed by atoms with van der Waals surface area (Å²) in [7, 11) is 0. The second-order valence-corrected chi connectivity index (χ2v) is 6.20. The summed E-state index contributed by atoms with van der Waals surface area (Å²) in [6, 6.07) is 22.5. The molecular weight excluding hydrogens is 334 g/mol. The van der Waals surface area contributed by atoms with Crippen LogP contribution in [0.25, 0.3) is 0 Å². The Morgan fingerprint density at radius 2 is 1.72 bits per heavy atom. The molecule has 1 N–H and O–H groups in total. The normalized spacial score (nSPS) is 10.3. The van der Waals surface area contributed by atoms with E-state index < -0.39 is 0 Å². The Hall–Kier alpha value is -2.78. The lowest BCUT2D eigenvalue weighted by Crippen LogP contribution is -2.15. The zero-order chi connectivity index (χ0) is 17.6. The van der Waals surface area contributed by atoms with Crippen LogP contribution in [0.15, 0.2) is 72.8 Å². The quantitative estimate of drug-likeness (QED) is 0.647. The number of hydrogen-bond donors (Lipinski definition) is 1. The first-order valence-corrected chi connectivity index (χ1v) is 8.36. The van der Waals surface area contributed by atoms with Crippen LogP contribution < -0.4 is 10.1 Å². The summed E-state index contributed by atoms with van der Waals surface area (Å²) in [6.07, 6.45) is 0.289. The molecule has 25 heavy (non-hydrogen) atoms. The molecule has 0 saturated carbocycles. The van der Waals surface area contributed by atoms with Crippen molar-refractivity contribution in [3.8, 4) is 11.5 Å². The Bertz CT molecular complexity index is 861. The number of amides is 1. The minimum absolute atomic E-state index is 0.121. The van der Waals surface area contributed by atoms with Crippen LogP contribution in [0.3, 0.4) is 0 Å². The topological polar surface area (TPSA) is 38.3 Å². The van der Waals surface area contributed by atoms with Crippen LogP contribution >= 0.6 is 11.6 Å². The van der Waals surface area contributed by atoms with E-state index in [9.17, 15) is 4.79 Å². The monoisotopic (exact) mass is 351 g/mol. The van der Waals surface area contributed by atoms with Crippen LogP contribution in [0.1, 0.15) is 11.1 Å². The number of carbonyl (C=O) groups excluding carboxylic acids is 1. The SMILES string of the molecule is Cc1ccc(CC(=O)Nc2cc(Cl)ccc2Oc2ccccc2)cc1. The van der Waals surface area contributed by atoms with Gasteiger partial charge in [-0.05, 0) is 42.8 Å². The summed E-state index contributed by atoms with van der Waals surface area (Å²) in [5.74, 6) is 1.12. The molecule has 3 aromatic carbocycles. The molecule has 4 heteroatoms. The van der Waals surface area contributed by atoms with Crippen molar-refractivity contribution >= 4 is 23.2 Å². The molecule has 0 bridgehead atoms. The Kier molecular flexibility index (Phi) is 5.36. The fourth-order valence-corrected chi connectivity index (χ4v) is 2.56. The van der Waals surface area contributed by atoms with Crippen LogP contribution in [0.2, 0.25) is 5.02 Å². The van der Waals surface area contributed by atoms with Gasteiger partial charge in [-0.25, -0.2) is 0 Å². The molecule has 0 aliphatic heterocycles. The molecule has 0 saturated heterocycles. The number of nitrogens with one attached hydrogen (secondary N) is 1. The van der Waals surface area contributed by atoms with Crippen LogP contribution in [0.5, 0.6) is 11.5 Å². The highest BCUT2D eigenvalue weighted by Gasteiger charge is 2.10. The van der Waals surface area contributed by atoms with E-state index in [-0.39, 0.29) is 12.3 Å². The molecule has 0 fully saturated rings. The van der Waals surface area contributed by atoms with Gasteiger partial charge in [0.15, 0.2) is 5.75 Å². The number of anilines is 1. The largest absolute Gasteiger partial charge is 0.455 e. The van der Waals surface area contributed by atoms with Gasteiger partial charge >= 0.3 is 0 Å². The highest BCUT2D eigenvalue weighted by atomic mass is 35.5. The lowest BCUT2D eigenvalue weighted by atomic mass is 10.1. The highest BCUT2D eigenvalue weighted by molar-refractivity contribution is 6.31. The van der Waals surface area contributed by atoms with Crippen molar-refractivity contribution < 1.29 is 9.53 Å². The number of ether oxygens (including phenoxy) is 1. The number of halogens is 1. The minimum Gasteiger partial charge on any atom is -0.455 e. The van der Waals surface area contributed by atoms with Crippen LogP contribution in [-0.4, -0.2) is 5.91 Å². The maximum absolute atomic E-state index is 12.4. The molecule has 0 aliphatic carbocycles. The zero-order valence-corrected chi connectivity index (χ0v) is 14.6. The molecule has 3 aromatic rings. The second kappa shape index (κ2) is 7.86. The number of rotatable bonds is 5. The summed E-state index contributed by atoms with van der Waals surface area (Å²) in [5, 5.41) is 3.42. The Morgan fingerprint density at radius 3 is 2.44 bits per heavy atom. The molecule has 0 unspecified atom stereocenters. The van der Waals surface area contributed by atoms with Gasteiger partial charge in [0.25, 0.3) is 0 Å².